The molecule has 20 heavy (non-hydrogen) atoms. The highest BCUT2D eigenvalue weighted by Gasteiger charge is 2.11. The molecule has 0 N–H and O–H groups in total. The zero-order valence-corrected chi connectivity index (χ0v) is 12.6. The molecule has 0 saturated heterocycles. The van der Waals surface area contributed by atoms with Crippen molar-refractivity contribution in [1.82, 2.24) is 9.88 Å². The molecule has 1 unspecified atom stereocenters. The topological polar surface area (TPSA) is 25.4 Å². The van der Waals surface area contributed by atoms with Crippen molar-refractivity contribution in [2.24, 2.45) is 0 Å². The first-order chi connectivity index (χ1) is 9.58. The maximum absolute atomic E-state index is 6.02. The van der Waals surface area contributed by atoms with Crippen LogP contribution in [0, 0.1) is 6.92 Å². The Bertz CT molecular complexity index is 566. The first-order valence-electron chi connectivity index (χ1n) is 6.89. The van der Waals surface area contributed by atoms with E-state index in [1.165, 1.54) is 11.1 Å². The Morgan fingerprint density at radius 3 is 2.50 bits per heavy atom. The molecule has 3 nitrogen and oxygen atoms in total. The predicted octanol–water partition coefficient (Wildman–Crippen LogP) is 3.27. The van der Waals surface area contributed by atoms with E-state index >= 15 is 0 Å². The third kappa shape index (κ3) is 3.58. The van der Waals surface area contributed by atoms with Gasteiger partial charge in [-0.3, -0.25) is 9.88 Å². The van der Waals surface area contributed by atoms with Crippen LogP contribution in [0.15, 0.2) is 42.6 Å². The molecule has 3 heteroatoms. The second kappa shape index (κ2) is 6.53. The molecule has 0 radical (unpaired) electrons. The van der Waals surface area contributed by atoms with Crippen molar-refractivity contribution in [3.63, 3.8) is 0 Å². The molecule has 0 spiro atoms. The fourth-order valence-corrected chi connectivity index (χ4v) is 1.96. The van der Waals surface area contributed by atoms with Crippen LogP contribution in [0.4, 0.5) is 0 Å². The first-order valence-corrected chi connectivity index (χ1v) is 6.89. The summed E-state index contributed by atoms with van der Waals surface area (Å²) in [6.07, 6.45) is 2.72. The highest BCUT2D eigenvalue weighted by Crippen LogP contribution is 2.23. The number of rotatable bonds is 5. The van der Waals surface area contributed by atoms with Crippen LogP contribution >= 0.6 is 0 Å². The van der Waals surface area contributed by atoms with Gasteiger partial charge in [-0.2, -0.15) is 0 Å². The second-order valence-electron chi connectivity index (χ2n) is 5.21. The quantitative estimate of drug-likeness (QED) is 0.780. The molecule has 1 aromatic carbocycles. The standard InChI is InChI=1S/C17H22N2O/c1-13-15(9-7-11-18-13)12-16-8-5-6-10-17(16)20-14(2)19(3)4/h5-11,14H,12H2,1-4H3. The Hall–Kier alpha value is -1.87. The lowest BCUT2D eigenvalue weighted by Gasteiger charge is -2.23. The molecule has 0 aliphatic carbocycles. The minimum absolute atomic E-state index is 0.0474. The monoisotopic (exact) mass is 270 g/mol. The number of hydrogen-bond donors (Lipinski definition) is 0. The van der Waals surface area contributed by atoms with Crippen LogP contribution in [-0.2, 0) is 6.42 Å². The molecular weight excluding hydrogens is 248 g/mol. The summed E-state index contributed by atoms with van der Waals surface area (Å²) in [5.74, 6) is 0.942. The van der Waals surface area contributed by atoms with Crippen LogP contribution in [0.3, 0.4) is 0 Å². The minimum atomic E-state index is 0.0474. The zero-order valence-electron chi connectivity index (χ0n) is 12.6. The number of nitrogens with zero attached hydrogens (tertiary/aromatic N) is 2. The summed E-state index contributed by atoms with van der Waals surface area (Å²) < 4.78 is 6.02. The van der Waals surface area contributed by atoms with Crippen LogP contribution in [0.1, 0.15) is 23.7 Å². The average Bonchev–Trinajstić information content (AvgIpc) is 2.43. The number of aromatic nitrogens is 1. The molecular formula is C17H22N2O. The van der Waals surface area contributed by atoms with Gasteiger partial charge in [-0.15, -0.1) is 0 Å². The molecule has 0 aliphatic rings. The van der Waals surface area contributed by atoms with Crippen molar-refractivity contribution in [1.29, 1.82) is 0 Å². The Balaban J connectivity index is 2.22. The Labute approximate surface area is 121 Å². The van der Waals surface area contributed by atoms with Gasteiger partial charge in [-0.1, -0.05) is 24.3 Å². The summed E-state index contributed by atoms with van der Waals surface area (Å²) in [6, 6.07) is 12.3. The molecule has 0 aliphatic heterocycles. The molecule has 0 saturated carbocycles. The van der Waals surface area contributed by atoms with Crippen molar-refractivity contribution in [3.8, 4) is 5.75 Å². The van der Waals surface area contributed by atoms with Crippen LogP contribution in [0.25, 0.3) is 0 Å². The third-order valence-corrected chi connectivity index (χ3v) is 3.49. The smallest absolute Gasteiger partial charge is 0.149 e. The average molecular weight is 270 g/mol. The first kappa shape index (κ1) is 14.5. The normalized spacial score (nSPS) is 12.4. The maximum Gasteiger partial charge on any atom is 0.149 e. The van der Waals surface area contributed by atoms with Crippen molar-refractivity contribution in [2.75, 3.05) is 14.1 Å². The van der Waals surface area contributed by atoms with E-state index in [2.05, 4.69) is 17.1 Å². The summed E-state index contributed by atoms with van der Waals surface area (Å²) in [5.41, 5.74) is 3.50. The van der Waals surface area contributed by atoms with E-state index in [1.807, 2.05) is 63.3 Å². The van der Waals surface area contributed by atoms with E-state index in [1.54, 1.807) is 0 Å². The van der Waals surface area contributed by atoms with E-state index in [-0.39, 0.29) is 6.23 Å². The van der Waals surface area contributed by atoms with Crippen molar-refractivity contribution in [3.05, 3.63) is 59.4 Å². The van der Waals surface area contributed by atoms with Crippen molar-refractivity contribution >= 4 is 0 Å². The van der Waals surface area contributed by atoms with Gasteiger partial charge in [0.1, 0.15) is 12.0 Å². The largest absolute Gasteiger partial charge is 0.475 e. The number of hydrogen-bond acceptors (Lipinski definition) is 3. The Morgan fingerprint density at radius 2 is 1.80 bits per heavy atom. The maximum atomic E-state index is 6.02. The van der Waals surface area contributed by atoms with E-state index < -0.39 is 0 Å². The van der Waals surface area contributed by atoms with E-state index in [4.69, 9.17) is 4.74 Å². The van der Waals surface area contributed by atoms with Gasteiger partial charge in [-0.25, -0.2) is 0 Å². The van der Waals surface area contributed by atoms with Gasteiger partial charge >= 0.3 is 0 Å². The molecule has 2 aromatic rings. The number of pyridine rings is 1. The van der Waals surface area contributed by atoms with E-state index in [0.29, 0.717) is 0 Å². The van der Waals surface area contributed by atoms with Gasteiger partial charge < -0.3 is 4.74 Å². The Morgan fingerprint density at radius 1 is 1.10 bits per heavy atom. The fourth-order valence-electron chi connectivity index (χ4n) is 1.96. The lowest BCUT2D eigenvalue weighted by molar-refractivity contribution is 0.0806. The number of ether oxygens (including phenoxy) is 1. The molecule has 1 heterocycles. The highest BCUT2D eigenvalue weighted by atomic mass is 16.5. The highest BCUT2D eigenvalue weighted by molar-refractivity contribution is 5.38. The zero-order chi connectivity index (χ0) is 14.5. The third-order valence-electron chi connectivity index (χ3n) is 3.49. The molecule has 1 aromatic heterocycles. The summed E-state index contributed by atoms with van der Waals surface area (Å²) in [7, 11) is 4.02. The van der Waals surface area contributed by atoms with Gasteiger partial charge in [0, 0.05) is 18.3 Å². The minimum Gasteiger partial charge on any atom is -0.475 e. The fraction of sp³-hybridized carbons (Fsp3) is 0.353. The summed E-state index contributed by atoms with van der Waals surface area (Å²) in [5, 5.41) is 0. The molecule has 1 atom stereocenters. The molecule has 2 rings (SSSR count). The second-order valence-corrected chi connectivity index (χ2v) is 5.21. The summed E-state index contributed by atoms with van der Waals surface area (Å²) >= 11 is 0. The van der Waals surface area contributed by atoms with Crippen molar-refractivity contribution in [2.45, 2.75) is 26.5 Å². The molecule has 0 fully saturated rings. The lowest BCUT2D eigenvalue weighted by atomic mass is 10.0. The number of benzene rings is 1. The van der Waals surface area contributed by atoms with Crippen LogP contribution in [-0.4, -0.2) is 30.2 Å². The van der Waals surface area contributed by atoms with Crippen LogP contribution in [0.5, 0.6) is 5.75 Å². The molecule has 106 valence electrons. The summed E-state index contributed by atoms with van der Waals surface area (Å²) in [6.45, 7) is 4.09. The predicted molar refractivity (Wildman–Crippen MR) is 82.0 cm³/mol. The van der Waals surface area contributed by atoms with Gasteiger partial charge in [0.15, 0.2) is 0 Å². The molecule has 0 bridgehead atoms. The van der Waals surface area contributed by atoms with E-state index in [9.17, 15) is 0 Å². The molecule has 0 amide bonds. The van der Waals surface area contributed by atoms with Gasteiger partial charge in [0.2, 0.25) is 0 Å². The van der Waals surface area contributed by atoms with E-state index in [0.717, 1.165) is 17.9 Å². The van der Waals surface area contributed by atoms with Crippen LogP contribution < -0.4 is 4.74 Å². The number of para-hydroxylation sites is 1. The summed E-state index contributed by atoms with van der Waals surface area (Å²) in [4.78, 5) is 6.39. The van der Waals surface area contributed by atoms with Gasteiger partial charge in [-0.05, 0) is 51.2 Å². The van der Waals surface area contributed by atoms with Crippen LogP contribution in [0.2, 0.25) is 0 Å². The van der Waals surface area contributed by atoms with Crippen molar-refractivity contribution < 1.29 is 4.74 Å². The number of aryl methyl sites for hydroxylation is 1. The SMILES string of the molecule is Cc1ncccc1Cc1ccccc1OC(C)N(C)C. The Kier molecular flexibility index (Phi) is 4.74. The van der Waals surface area contributed by atoms with Gasteiger partial charge in [0.25, 0.3) is 0 Å². The lowest BCUT2D eigenvalue weighted by Crippen LogP contribution is -2.30. The van der Waals surface area contributed by atoms with Gasteiger partial charge in [0.05, 0.1) is 0 Å².